The topological polar surface area (TPSA) is 154 Å². The Bertz CT molecular complexity index is 1230. The monoisotopic (exact) mass is 768 g/mol. The van der Waals surface area contributed by atoms with Gasteiger partial charge in [0.15, 0.2) is 13.5 Å². The van der Waals surface area contributed by atoms with Crippen LogP contribution in [0.25, 0.3) is 0 Å². The highest BCUT2D eigenvalue weighted by atomic mass is 79.9. The third kappa shape index (κ3) is 13.9. The summed E-state index contributed by atoms with van der Waals surface area (Å²) in [4.78, 5) is 58.7. The maximum Gasteiger partial charge on any atom is 0.410 e. The van der Waals surface area contributed by atoms with Crippen LogP contribution in [0.1, 0.15) is 62.5 Å². The predicted molar refractivity (Wildman–Crippen MR) is 171 cm³/mol. The largest absolute Gasteiger partial charge is 0.476 e. The van der Waals surface area contributed by atoms with Gasteiger partial charge in [0.2, 0.25) is 0 Å². The van der Waals surface area contributed by atoms with Crippen molar-refractivity contribution in [2.24, 2.45) is 0 Å². The van der Waals surface area contributed by atoms with Gasteiger partial charge in [-0.2, -0.15) is 0 Å². The maximum atomic E-state index is 12.2. The fraction of sp³-hybridized carbons (Fsp3) is 0.615. The molecule has 0 unspecified atom stereocenters. The number of amides is 3. The molecule has 2 aliphatic rings. The number of carbonyl (C=O) groups is 4. The molecule has 3 amide bonds. The summed E-state index contributed by atoms with van der Waals surface area (Å²) in [5.74, 6) is -1.09. The first-order valence-corrected chi connectivity index (χ1v) is 16.7. The Morgan fingerprint density at radius 1 is 0.744 bits per heavy atom. The van der Waals surface area contributed by atoms with Crippen molar-refractivity contribution in [1.29, 1.82) is 0 Å². The van der Waals surface area contributed by atoms with Crippen LogP contribution in [0.2, 0.25) is 0 Å². The second-order valence-electron chi connectivity index (χ2n) is 11.3. The number of thiazole rings is 2. The lowest BCUT2D eigenvalue weighted by molar-refractivity contribution is 0.0139. The molecule has 17 heteroatoms. The van der Waals surface area contributed by atoms with Gasteiger partial charge in [-0.25, -0.2) is 24.4 Å². The molecule has 0 saturated carbocycles. The van der Waals surface area contributed by atoms with Crippen LogP contribution in [0.5, 0.6) is 0 Å². The number of aromatic nitrogens is 2. The lowest BCUT2D eigenvalue weighted by Gasteiger charge is -2.35. The zero-order valence-corrected chi connectivity index (χ0v) is 29.8. The first kappa shape index (κ1) is 36.8. The highest BCUT2D eigenvalue weighted by Gasteiger charge is 2.29. The van der Waals surface area contributed by atoms with Gasteiger partial charge in [-0.15, -0.1) is 22.7 Å². The van der Waals surface area contributed by atoms with Crippen molar-refractivity contribution in [2.75, 3.05) is 52.4 Å². The van der Waals surface area contributed by atoms with Gasteiger partial charge in [0, 0.05) is 63.1 Å². The molecule has 2 fully saturated rings. The molecule has 0 radical (unpaired) electrons. The van der Waals surface area contributed by atoms with E-state index < -0.39 is 11.6 Å². The number of carboxylic acid groups (broad SMARTS) is 1. The molecule has 2 aromatic rings. The number of halogens is 2. The van der Waals surface area contributed by atoms with E-state index in [4.69, 9.17) is 14.6 Å². The van der Waals surface area contributed by atoms with E-state index in [0.29, 0.717) is 39.7 Å². The summed E-state index contributed by atoms with van der Waals surface area (Å²) in [5.41, 5.74) is -0.358. The van der Waals surface area contributed by atoms with Gasteiger partial charge in [-0.1, -0.05) is 0 Å². The minimum Gasteiger partial charge on any atom is -0.476 e. The Morgan fingerprint density at radius 3 is 1.49 bits per heavy atom. The van der Waals surface area contributed by atoms with Crippen molar-refractivity contribution in [1.82, 2.24) is 30.0 Å². The van der Waals surface area contributed by atoms with E-state index in [1.165, 1.54) is 28.1 Å². The van der Waals surface area contributed by atoms with Crippen LogP contribution >= 0.6 is 54.5 Å². The Kier molecular flexibility index (Phi) is 14.3. The second kappa shape index (κ2) is 16.7. The average Bonchev–Trinajstić information content (AvgIpc) is 3.56. The fourth-order valence-corrected chi connectivity index (χ4v) is 5.42. The summed E-state index contributed by atoms with van der Waals surface area (Å²) in [6.07, 6.45) is -0.528. The molecule has 0 bridgehead atoms. The van der Waals surface area contributed by atoms with E-state index in [1.54, 1.807) is 20.1 Å². The first-order chi connectivity index (χ1) is 19.9. The van der Waals surface area contributed by atoms with Gasteiger partial charge in [-0.3, -0.25) is 4.79 Å². The summed E-state index contributed by atoms with van der Waals surface area (Å²) in [5, 5.41) is 14.7. The first-order valence-electron chi connectivity index (χ1n) is 13.4. The molecule has 2 aliphatic heterocycles. The predicted octanol–water partition coefficient (Wildman–Crippen LogP) is 5.03. The summed E-state index contributed by atoms with van der Waals surface area (Å²) in [6, 6.07) is 0. The molecule has 2 saturated heterocycles. The van der Waals surface area contributed by atoms with Gasteiger partial charge in [0.25, 0.3) is 5.91 Å². The number of rotatable bonds is 2. The van der Waals surface area contributed by atoms with E-state index in [2.05, 4.69) is 47.1 Å². The highest BCUT2D eigenvalue weighted by molar-refractivity contribution is 9.11. The standard InChI is InChI=1S/C13H18BrN3O3S.C9H18N2O2.C4H2BrNO2S/c1-13(2,3)20-12(19)17-6-4-16(5-7-17)10(18)9-8-21-11(14)15-9;1-9(2,3)13-8(12)11-6-4-10-5-7-11;5-4-6-2(1-9-4)3(7)8/h8H,4-7H2,1-3H3;10H,4-7H2,1-3H3;1H,(H,7,8). The molecule has 4 rings (SSSR count). The number of carbonyl (C=O) groups excluding carboxylic acids is 3. The number of carboxylic acids is 1. The number of ether oxygens (including phenoxy) is 2. The van der Waals surface area contributed by atoms with Gasteiger partial charge in [-0.05, 0) is 73.4 Å². The van der Waals surface area contributed by atoms with Crippen molar-refractivity contribution in [3.63, 3.8) is 0 Å². The molecule has 13 nitrogen and oxygen atoms in total. The molecule has 2 N–H and O–H groups in total. The number of hydrogen-bond donors (Lipinski definition) is 2. The van der Waals surface area contributed by atoms with Crippen molar-refractivity contribution in [3.8, 4) is 0 Å². The van der Waals surface area contributed by atoms with Crippen molar-refractivity contribution in [3.05, 3.63) is 30.0 Å². The van der Waals surface area contributed by atoms with Crippen LogP contribution in [0, 0.1) is 0 Å². The third-order valence-electron chi connectivity index (χ3n) is 5.38. The molecular weight excluding hydrogens is 732 g/mol. The van der Waals surface area contributed by atoms with Crippen LogP contribution in [0.4, 0.5) is 9.59 Å². The molecule has 0 atom stereocenters. The van der Waals surface area contributed by atoms with Gasteiger partial charge < -0.3 is 34.6 Å². The summed E-state index contributed by atoms with van der Waals surface area (Å²) in [7, 11) is 0. The fourth-order valence-electron chi connectivity index (χ4n) is 3.45. The van der Waals surface area contributed by atoms with Gasteiger partial charge in [0.1, 0.15) is 16.9 Å². The lowest BCUT2D eigenvalue weighted by Crippen LogP contribution is -2.51. The van der Waals surface area contributed by atoms with Crippen LogP contribution in [-0.4, -0.2) is 117 Å². The SMILES string of the molecule is CC(C)(C)OC(=O)N1CCN(C(=O)c2csc(Br)n2)CC1.CC(C)(C)OC(=O)N1CCNCC1.O=C(O)c1csc(Br)n1. The van der Waals surface area contributed by atoms with Gasteiger partial charge >= 0.3 is 18.2 Å². The zero-order valence-electron chi connectivity index (χ0n) is 25.0. The molecule has 0 spiro atoms. The molecule has 0 aliphatic carbocycles. The maximum absolute atomic E-state index is 12.2. The van der Waals surface area contributed by atoms with Crippen LogP contribution in [0.15, 0.2) is 18.6 Å². The minimum absolute atomic E-state index is 0.0897. The number of hydrogen-bond acceptors (Lipinski definition) is 11. The van der Waals surface area contributed by atoms with Crippen molar-refractivity contribution in [2.45, 2.75) is 52.7 Å². The van der Waals surface area contributed by atoms with Crippen molar-refractivity contribution < 1.29 is 33.8 Å². The minimum atomic E-state index is -0.989. The summed E-state index contributed by atoms with van der Waals surface area (Å²) >= 11 is 8.93. The highest BCUT2D eigenvalue weighted by Crippen LogP contribution is 2.19. The Hall–Kier alpha value is -2.34. The van der Waals surface area contributed by atoms with E-state index in [9.17, 15) is 19.2 Å². The van der Waals surface area contributed by atoms with E-state index >= 15 is 0 Å². The molecule has 43 heavy (non-hydrogen) atoms. The second-order valence-corrected chi connectivity index (χ2v) is 15.5. The van der Waals surface area contributed by atoms with Crippen molar-refractivity contribution >= 4 is 78.6 Å². The zero-order chi connectivity index (χ0) is 32.4. The Labute approximate surface area is 276 Å². The lowest BCUT2D eigenvalue weighted by atomic mass is 10.2. The van der Waals surface area contributed by atoms with Crippen LogP contribution in [0.3, 0.4) is 0 Å². The number of nitrogens with one attached hydrogen (secondary N) is 1. The van der Waals surface area contributed by atoms with Gasteiger partial charge in [0.05, 0.1) is 0 Å². The smallest absolute Gasteiger partial charge is 0.410 e. The number of aromatic carboxylic acids is 1. The average molecular weight is 771 g/mol. The quantitative estimate of drug-likeness (QED) is 0.425. The van der Waals surface area contributed by atoms with Crippen LogP contribution < -0.4 is 5.32 Å². The molecule has 240 valence electrons. The third-order valence-corrected chi connectivity index (χ3v) is 8.11. The van der Waals surface area contributed by atoms with E-state index in [1.807, 2.05) is 41.5 Å². The number of piperazine rings is 2. The molecule has 2 aromatic heterocycles. The Morgan fingerprint density at radius 2 is 1.14 bits per heavy atom. The summed E-state index contributed by atoms with van der Waals surface area (Å²) in [6.45, 7) is 16.3. The molecule has 4 heterocycles. The number of nitrogens with zero attached hydrogens (tertiary/aromatic N) is 5. The molecule has 0 aromatic carbocycles. The normalized spacial score (nSPS) is 15.4. The van der Waals surface area contributed by atoms with E-state index in [0.717, 1.165) is 26.2 Å². The van der Waals surface area contributed by atoms with E-state index in [-0.39, 0.29) is 29.4 Å². The summed E-state index contributed by atoms with van der Waals surface area (Å²) < 4.78 is 11.9. The Balaban J connectivity index is 0.000000249. The van der Waals surface area contributed by atoms with Crippen LogP contribution in [-0.2, 0) is 9.47 Å². The molecular formula is C26H38Br2N6O7S2.